The number of nitrogens with one attached hydrogen (secondary N) is 1. The van der Waals surface area contributed by atoms with E-state index in [1.165, 1.54) is 16.4 Å². The largest absolute Gasteiger partial charge is 0.487 e. The van der Waals surface area contributed by atoms with Gasteiger partial charge in [0.15, 0.2) is 0 Å². The van der Waals surface area contributed by atoms with Gasteiger partial charge in [-0.1, -0.05) is 65.8 Å². The lowest BCUT2D eigenvalue weighted by Crippen LogP contribution is -2.43. The summed E-state index contributed by atoms with van der Waals surface area (Å²) in [4.78, 5) is 17.8. The molecule has 1 saturated heterocycles. The SMILES string of the molecule is Cc1ccc2cccc(OCc3c(Cl)ccc(S(=O)(=O)N4CCCC4C(=O)Nc4cccc(C(N)=S)c4)c3Cl)c2n1. The third kappa shape index (κ3) is 6.02. The Morgan fingerprint density at radius 3 is 2.71 bits per heavy atom. The minimum atomic E-state index is -4.17. The number of aromatic nitrogens is 1. The summed E-state index contributed by atoms with van der Waals surface area (Å²) in [5.41, 5.74) is 8.57. The molecule has 0 radical (unpaired) electrons. The van der Waals surface area contributed by atoms with Crippen molar-refractivity contribution in [3.63, 3.8) is 0 Å². The molecule has 1 amide bonds. The van der Waals surface area contributed by atoms with Crippen LogP contribution in [-0.4, -0.2) is 41.2 Å². The number of benzene rings is 3. The Morgan fingerprint density at radius 2 is 1.93 bits per heavy atom. The van der Waals surface area contributed by atoms with Crippen molar-refractivity contribution >= 4 is 72.9 Å². The summed E-state index contributed by atoms with van der Waals surface area (Å²) in [5.74, 6) is 0.0564. The van der Waals surface area contributed by atoms with E-state index in [0.717, 1.165) is 11.1 Å². The third-order valence-corrected chi connectivity index (χ3v) is 9.94. The Balaban J connectivity index is 1.40. The maximum absolute atomic E-state index is 13.9. The highest BCUT2D eigenvalue weighted by molar-refractivity contribution is 7.89. The van der Waals surface area contributed by atoms with E-state index in [9.17, 15) is 13.2 Å². The number of thiocarbonyl (C=S) groups is 1. The van der Waals surface area contributed by atoms with Gasteiger partial charge in [-0.3, -0.25) is 4.79 Å². The van der Waals surface area contributed by atoms with Crippen molar-refractivity contribution in [1.82, 2.24) is 9.29 Å². The second-order valence-electron chi connectivity index (χ2n) is 9.62. The number of pyridine rings is 1. The van der Waals surface area contributed by atoms with E-state index in [4.69, 9.17) is 45.9 Å². The van der Waals surface area contributed by atoms with Gasteiger partial charge in [0.25, 0.3) is 0 Å². The second-order valence-corrected chi connectivity index (χ2v) is 12.7. The summed E-state index contributed by atoms with van der Waals surface area (Å²) >= 11 is 18.1. The molecular weight excluding hydrogens is 603 g/mol. The average Bonchev–Trinajstić information content (AvgIpc) is 3.44. The number of nitrogens with two attached hydrogens (primary N) is 1. The lowest BCUT2D eigenvalue weighted by molar-refractivity contribution is -0.119. The van der Waals surface area contributed by atoms with Crippen molar-refractivity contribution < 1.29 is 17.9 Å². The van der Waals surface area contributed by atoms with Crippen LogP contribution < -0.4 is 15.8 Å². The molecular formula is C29H26Cl2N4O4S2. The van der Waals surface area contributed by atoms with E-state index in [-0.39, 0.29) is 33.1 Å². The molecule has 0 bridgehead atoms. The lowest BCUT2D eigenvalue weighted by atomic mass is 10.2. The Hall–Kier alpha value is -3.28. The molecule has 1 aliphatic rings. The number of amides is 1. The first kappa shape index (κ1) is 29.2. The highest BCUT2D eigenvalue weighted by Crippen LogP contribution is 2.36. The highest BCUT2D eigenvalue weighted by Gasteiger charge is 2.40. The fraction of sp³-hybridized carbons (Fsp3) is 0.207. The molecule has 1 aliphatic heterocycles. The molecule has 0 spiro atoms. The number of nitrogens with zero attached hydrogens (tertiary/aromatic N) is 2. The van der Waals surface area contributed by atoms with Gasteiger partial charge in [0.2, 0.25) is 15.9 Å². The molecule has 3 aromatic carbocycles. The summed E-state index contributed by atoms with van der Waals surface area (Å²) in [6.45, 7) is 1.97. The molecule has 41 heavy (non-hydrogen) atoms. The van der Waals surface area contributed by atoms with Crippen LogP contribution in [0.1, 0.15) is 29.7 Å². The van der Waals surface area contributed by atoms with Gasteiger partial charge in [-0.15, -0.1) is 0 Å². The number of carbonyl (C=O) groups is 1. The van der Waals surface area contributed by atoms with Crippen LogP contribution >= 0.6 is 35.4 Å². The molecule has 12 heteroatoms. The predicted octanol–water partition coefficient (Wildman–Crippen LogP) is 5.86. The molecule has 2 heterocycles. The van der Waals surface area contributed by atoms with Gasteiger partial charge < -0.3 is 15.8 Å². The summed E-state index contributed by atoms with van der Waals surface area (Å²) in [6.07, 6.45) is 0.869. The quantitative estimate of drug-likeness (QED) is 0.235. The first-order chi connectivity index (χ1) is 19.6. The molecule has 1 aromatic heterocycles. The number of fused-ring (bicyclic) bond motifs is 1. The summed E-state index contributed by atoms with van der Waals surface area (Å²) in [5, 5.41) is 3.88. The number of para-hydroxylation sites is 1. The van der Waals surface area contributed by atoms with Crippen LogP contribution in [0.4, 0.5) is 5.69 Å². The molecule has 5 rings (SSSR count). The Bertz CT molecular complexity index is 1780. The normalized spacial score (nSPS) is 15.6. The first-order valence-electron chi connectivity index (χ1n) is 12.7. The molecule has 4 aromatic rings. The second kappa shape index (κ2) is 11.9. The molecule has 0 aliphatic carbocycles. The zero-order valence-corrected chi connectivity index (χ0v) is 25.1. The minimum absolute atomic E-state index is 0.0582. The smallest absolute Gasteiger partial charge is 0.245 e. The van der Waals surface area contributed by atoms with E-state index in [1.807, 2.05) is 31.2 Å². The van der Waals surface area contributed by atoms with Crippen molar-refractivity contribution in [1.29, 1.82) is 0 Å². The van der Waals surface area contributed by atoms with Gasteiger partial charge >= 0.3 is 0 Å². The van der Waals surface area contributed by atoms with E-state index >= 15 is 0 Å². The zero-order chi connectivity index (χ0) is 29.3. The Kier molecular flexibility index (Phi) is 8.49. The standard InChI is InChI=1S/C29H26Cl2N4O4S2/c1-17-10-11-18-5-3-9-24(27(18)33-17)39-16-21-22(30)12-13-25(26(21)31)41(37,38)35-14-4-8-23(35)29(36)34-20-7-2-6-19(15-20)28(32)40/h2-3,5-7,9-13,15,23H,4,8,14,16H2,1H3,(H2,32,40)(H,34,36). The van der Waals surface area contributed by atoms with E-state index in [0.29, 0.717) is 40.9 Å². The number of carbonyl (C=O) groups excluding carboxylic acids is 1. The molecule has 1 fully saturated rings. The van der Waals surface area contributed by atoms with Gasteiger partial charge in [0.05, 0.1) is 5.02 Å². The van der Waals surface area contributed by atoms with Crippen LogP contribution in [0, 0.1) is 6.92 Å². The fourth-order valence-corrected chi connectivity index (χ4v) is 7.43. The number of sulfonamides is 1. The van der Waals surface area contributed by atoms with Crippen LogP contribution in [0.3, 0.4) is 0 Å². The molecule has 3 N–H and O–H groups in total. The molecule has 212 valence electrons. The summed E-state index contributed by atoms with van der Waals surface area (Å²) in [6, 6.07) is 18.1. The number of ether oxygens (including phenoxy) is 1. The van der Waals surface area contributed by atoms with E-state index < -0.39 is 22.0 Å². The Morgan fingerprint density at radius 1 is 1.15 bits per heavy atom. The average molecular weight is 630 g/mol. The number of anilines is 1. The fourth-order valence-electron chi connectivity index (χ4n) is 4.78. The van der Waals surface area contributed by atoms with E-state index in [2.05, 4.69) is 10.3 Å². The van der Waals surface area contributed by atoms with E-state index in [1.54, 1.807) is 30.3 Å². The van der Waals surface area contributed by atoms with Crippen LogP contribution in [0.5, 0.6) is 5.75 Å². The van der Waals surface area contributed by atoms with Crippen molar-refractivity contribution in [2.24, 2.45) is 5.73 Å². The molecule has 1 unspecified atom stereocenters. The van der Waals surface area contributed by atoms with Gasteiger partial charge in [0, 0.05) is 39.5 Å². The molecule has 8 nitrogen and oxygen atoms in total. The Labute approximate surface area is 253 Å². The number of halogens is 2. The number of hydrogen-bond acceptors (Lipinski definition) is 6. The maximum Gasteiger partial charge on any atom is 0.245 e. The zero-order valence-electron chi connectivity index (χ0n) is 21.9. The van der Waals surface area contributed by atoms with Crippen LogP contribution in [0.15, 0.2) is 71.6 Å². The number of hydrogen-bond donors (Lipinski definition) is 2. The third-order valence-electron chi connectivity index (χ3n) is 6.85. The highest BCUT2D eigenvalue weighted by atomic mass is 35.5. The first-order valence-corrected chi connectivity index (χ1v) is 15.4. The number of rotatable bonds is 8. The van der Waals surface area contributed by atoms with Gasteiger partial charge in [-0.05, 0) is 56.2 Å². The van der Waals surface area contributed by atoms with Gasteiger partial charge in [0.1, 0.15) is 33.8 Å². The van der Waals surface area contributed by atoms with Crippen molar-refractivity contribution in [3.8, 4) is 5.75 Å². The molecule has 1 atom stereocenters. The van der Waals surface area contributed by atoms with Gasteiger partial charge in [-0.25, -0.2) is 13.4 Å². The minimum Gasteiger partial charge on any atom is -0.487 e. The van der Waals surface area contributed by atoms with Crippen molar-refractivity contribution in [2.45, 2.75) is 37.3 Å². The molecule has 0 saturated carbocycles. The monoisotopic (exact) mass is 628 g/mol. The van der Waals surface area contributed by atoms with Crippen molar-refractivity contribution in [3.05, 3.63) is 93.6 Å². The van der Waals surface area contributed by atoms with Crippen LogP contribution in [-0.2, 0) is 21.4 Å². The lowest BCUT2D eigenvalue weighted by Gasteiger charge is -2.24. The van der Waals surface area contributed by atoms with Crippen LogP contribution in [0.25, 0.3) is 10.9 Å². The number of aryl methyl sites for hydroxylation is 1. The van der Waals surface area contributed by atoms with Crippen LogP contribution in [0.2, 0.25) is 10.0 Å². The maximum atomic E-state index is 13.9. The predicted molar refractivity (Wildman–Crippen MR) is 165 cm³/mol. The van der Waals surface area contributed by atoms with Crippen molar-refractivity contribution in [2.75, 3.05) is 11.9 Å². The summed E-state index contributed by atoms with van der Waals surface area (Å²) < 4.78 is 34.9. The summed E-state index contributed by atoms with van der Waals surface area (Å²) in [7, 11) is -4.17. The van der Waals surface area contributed by atoms with Gasteiger partial charge in [-0.2, -0.15) is 4.31 Å². The topological polar surface area (TPSA) is 115 Å².